The smallest absolute Gasteiger partial charge is 0.242 e. The van der Waals surface area contributed by atoms with Crippen molar-refractivity contribution < 1.29 is 8.42 Å². The van der Waals surface area contributed by atoms with Crippen LogP contribution in [0.15, 0.2) is 29.2 Å². The first-order chi connectivity index (χ1) is 9.89. The minimum absolute atomic E-state index is 0.331. The van der Waals surface area contributed by atoms with Gasteiger partial charge >= 0.3 is 0 Å². The molecule has 0 saturated carbocycles. The average Bonchev–Trinajstić information content (AvgIpc) is 2.47. The standard InChI is InChI=1S/C15H25N3O2S/c1-17(2)21(19,20)15-6-4-14(5-7-15)16-12-13-8-10-18(3)11-9-13/h4-7,13,16H,8-12H2,1-3H3. The van der Waals surface area contributed by atoms with Crippen molar-refractivity contribution >= 4 is 15.7 Å². The summed E-state index contributed by atoms with van der Waals surface area (Å²) in [5, 5.41) is 3.41. The molecule has 0 atom stereocenters. The third-order valence-corrected chi connectivity index (χ3v) is 5.90. The third kappa shape index (κ3) is 4.18. The van der Waals surface area contributed by atoms with Gasteiger partial charge in [0, 0.05) is 26.3 Å². The van der Waals surface area contributed by atoms with Crippen molar-refractivity contribution in [2.75, 3.05) is 46.1 Å². The molecule has 0 spiro atoms. The Morgan fingerprint density at radius 2 is 1.76 bits per heavy atom. The Bertz CT molecular complexity index is 547. The molecule has 0 aromatic heterocycles. The summed E-state index contributed by atoms with van der Waals surface area (Å²) in [5.74, 6) is 0.700. The van der Waals surface area contributed by atoms with Crippen LogP contribution in [0.1, 0.15) is 12.8 Å². The molecule has 1 heterocycles. The molecule has 0 amide bonds. The van der Waals surface area contributed by atoms with Gasteiger partial charge in [-0.2, -0.15) is 0 Å². The predicted octanol–water partition coefficient (Wildman–Crippen LogP) is 1.69. The molecule has 1 fully saturated rings. The molecule has 21 heavy (non-hydrogen) atoms. The van der Waals surface area contributed by atoms with Crippen molar-refractivity contribution in [2.45, 2.75) is 17.7 Å². The average molecular weight is 311 g/mol. The van der Waals surface area contributed by atoms with E-state index < -0.39 is 10.0 Å². The first-order valence-corrected chi connectivity index (χ1v) is 8.78. The van der Waals surface area contributed by atoms with Crippen molar-refractivity contribution in [3.63, 3.8) is 0 Å². The number of likely N-dealkylation sites (tertiary alicyclic amines) is 1. The number of nitrogens with zero attached hydrogens (tertiary/aromatic N) is 2. The van der Waals surface area contributed by atoms with Gasteiger partial charge in [-0.25, -0.2) is 12.7 Å². The normalized spacial score (nSPS) is 18.1. The van der Waals surface area contributed by atoms with Gasteiger partial charge in [-0.3, -0.25) is 0 Å². The number of benzene rings is 1. The van der Waals surface area contributed by atoms with E-state index in [0.29, 0.717) is 10.8 Å². The van der Waals surface area contributed by atoms with Crippen molar-refractivity contribution in [2.24, 2.45) is 5.92 Å². The molecule has 1 aliphatic rings. The molecular formula is C15H25N3O2S. The first-order valence-electron chi connectivity index (χ1n) is 7.34. The number of rotatable bonds is 5. The zero-order valence-electron chi connectivity index (χ0n) is 13.0. The fourth-order valence-corrected chi connectivity index (χ4v) is 3.39. The number of sulfonamides is 1. The van der Waals surface area contributed by atoms with Gasteiger partial charge in [-0.15, -0.1) is 0 Å². The maximum absolute atomic E-state index is 12.0. The number of nitrogens with one attached hydrogen (secondary N) is 1. The number of anilines is 1. The van der Waals surface area contributed by atoms with E-state index in [2.05, 4.69) is 17.3 Å². The first kappa shape index (κ1) is 16.3. The zero-order valence-corrected chi connectivity index (χ0v) is 13.9. The predicted molar refractivity (Wildman–Crippen MR) is 86.0 cm³/mol. The minimum atomic E-state index is -3.34. The van der Waals surface area contributed by atoms with Crippen molar-refractivity contribution in [1.82, 2.24) is 9.21 Å². The lowest BCUT2D eigenvalue weighted by molar-refractivity contribution is 0.226. The molecule has 0 unspecified atom stereocenters. The van der Waals surface area contributed by atoms with Gasteiger partial charge in [0.25, 0.3) is 0 Å². The molecule has 2 rings (SSSR count). The van der Waals surface area contributed by atoms with Crippen LogP contribution in [0.2, 0.25) is 0 Å². The summed E-state index contributed by atoms with van der Waals surface area (Å²) in [5.41, 5.74) is 0.978. The quantitative estimate of drug-likeness (QED) is 0.899. The topological polar surface area (TPSA) is 52.7 Å². The number of hydrogen-bond acceptors (Lipinski definition) is 4. The molecule has 1 aliphatic heterocycles. The Morgan fingerprint density at radius 1 is 1.19 bits per heavy atom. The Kier molecular flexibility index (Phi) is 5.24. The van der Waals surface area contributed by atoms with Crippen LogP contribution in [0.3, 0.4) is 0 Å². The van der Waals surface area contributed by atoms with Gasteiger partial charge in [0.05, 0.1) is 4.90 Å². The monoisotopic (exact) mass is 311 g/mol. The van der Waals surface area contributed by atoms with Gasteiger partial charge in [0.2, 0.25) is 10.0 Å². The minimum Gasteiger partial charge on any atom is -0.385 e. The van der Waals surface area contributed by atoms with E-state index in [1.54, 1.807) is 26.2 Å². The van der Waals surface area contributed by atoms with E-state index in [0.717, 1.165) is 25.3 Å². The fraction of sp³-hybridized carbons (Fsp3) is 0.600. The van der Waals surface area contributed by atoms with Crippen LogP contribution in [0.4, 0.5) is 5.69 Å². The molecule has 6 heteroatoms. The summed E-state index contributed by atoms with van der Waals surface area (Å²) >= 11 is 0. The number of piperidine rings is 1. The summed E-state index contributed by atoms with van der Waals surface area (Å²) in [7, 11) is 1.91. The van der Waals surface area contributed by atoms with Gasteiger partial charge < -0.3 is 10.2 Å². The molecule has 118 valence electrons. The Labute approximate surface area is 128 Å². The van der Waals surface area contributed by atoms with Crippen molar-refractivity contribution in [3.8, 4) is 0 Å². The van der Waals surface area contributed by atoms with Crippen LogP contribution in [0, 0.1) is 5.92 Å². The van der Waals surface area contributed by atoms with E-state index in [1.165, 1.54) is 17.1 Å². The van der Waals surface area contributed by atoms with E-state index in [9.17, 15) is 8.42 Å². The summed E-state index contributed by atoms with van der Waals surface area (Å²) in [6.07, 6.45) is 2.44. The molecule has 1 aromatic carbocycles. The Morgan fingerprint density at radius 3 is 2.29 bits per heavy atom. The Balaban J connectivity index is 1.91. The third-order valence-electron chi connectivity index (χ3n) is 4.07. The molecule has 1 aromatic rings. The van der Waals surface area contributed by atoms with Crippen LogP contribution in [0.5, 0.6) is 0 Å². The highest BCUT2D eigenvalue weighted by molar-refractivity contribution is 7.89. The van der Waals surface area contributed by atoms with Gasteiger partial charge in [-0.05, 0) is 63.2 Å². The summed E-state index contributed by atoms with van der Waals surface area (Å²) in [6, 6.07) is 7.00. The molecule has 0 aliphatic carbocycles. The van der Waals surface area contributed by atoms with Gasteiger partial charge in [0.15, 0.2) is 0 Å². The lowest BCUT2D eigenvalue weighted by atomic mass is 9.97. The molecule has 0 radical (unpaired) electrons. The SMILES string of the molecule is CN1CCC(CNc2ccc(S(=O)(=O)N(C)C)cc2)CC1. The lowest BCUT2D eigenvalue weighted by Crippen LogP contribution is -2.32. The second kappa shape index (κ2) is 6.77. The Hall–Kier alpha value is -1.11. The molecular weight excluding hydrogens is 286 g/mol. The van der Waals surface area contributed by atoms with E-state index in [4.69, 9.17) is 0 Å². The zero-order chi connectivity index (χ0) is 15.5. The lowest BCUT2D eigenvalue weighted by Gasteiger charge is -2.29. The second-order valence-electron chi connectivity index (χ2n) is 5.94. The molecule has 1 saturated heterocycles. The molecule has 0 bridgehead atoms. The highest BCUT2D eigenvalue weighted by Gasteiger charge is 2.18. The maximum atomic E-state index is 12.0. The van der Waals surface area contributed by atoms with E-state index in [-0.39, 0.29) is 0 Å². The van der Waals surface area contributed by atoms with Crippen LogP contribution >= 0.6 is 0 Å². The van der Waals surface area contributed by atoms with Crippen LogP contribution in [-0.4, -0.2) is 58.4 Å². The van der Waals surface area contributed by atoms with Crippen LogP contribution in [0.25, 0.3) is 0 Å². The fourth-order valence-electron chi connectivity index (χ4n) is 2.48. The largest absolute Gasteiger partial charge is 0.385 e. The van der Waals surface area contributed by atoms with Crippen LogP contribution < -0.4 is 5.32 Å². The molecule has 5 nitrogen and oxygen atoms in total. The maximum Gasteiger partial charge on any atom is 0.242 e. The van der Waals surface area contributed by atoms with Gasteiger partial charge in [-0.1, -0.05) is 0 Å². The van der Waals surface area contributed by atoms with E-state index in [1.807, 2.05) is 12.1 Å². The van der Waals surface area contributed by atoms with Crippen molar-refractivity contribution in [1.29, 1.82) is 0 Å². The van der Waals surface area contributed by atoms with Crippen molar-refractivity contribution in [3.05, 3.63) is 24.3 Å². The van der Waals surface area contributed by atoms with Crippen LogP contribution in [-0.2, 0) is 10.0 Å². The summed E-state index contributed by atoms with van der Waals surface area (Å²) in [4.78, 5) is 2.69. The number of hydrogen-bond donors (Lipinski definition) is 1. The second-order valence-corrected chi connectivity index (χ2v) is 8.09. The molecule has 1 N–H and O–H groups in total. The highest BCUT2D eigenvalue weighted by Crippen LogP contribution is 2.19. The van der Waals surface area contributed by atoms with Gasteiger partial charge in [0.1, 0.15) is 0 Å². The highest BCUT2D eigenvalue weighted by atomic mass is 32.2. The summed E-state index contributed by atoms with van der Waals surface area (Å²) < 4.78 is 25.2. The van der Waals surface area contributed by atoms with E-state index >= 15 is 0 Å². The summed E-state index contributed by atoms with van der Waals surface area (Å²) in [6.45, 7) is 3.27.